The molecule has 2 heterocycles. The molecule has 33 heavy (non-hydrogen) atoms. The quantitative estimate of drug-likeness (QED) is 0.383. The number of hydrogen-bond donors (Lipinski definition) is 1. The van der Waals surface area contributed by atoms with E-state index in [0.717, 1.165) is 55.5 Å². The first-order valence-corrected chi connectivity index (χ1v) is 11.8. The number of hydrogen-bond acceptors (Lipinski definition) is 5. The van der Waals surface area contributed by atoms with E-state index in [1.165, 1.54) is 0 Å². The first-order valence-electron chi connectivity index (χ1n) is 11.0. The van der Waals surface area contributed by atoms with Crippen LogP contribution in [0.5, 0.6) is 11.5 Å². The zero-order valence-corrected chi connectivity index (χ0v) is 21.0. The zero-order valence-electron chi connectivity index (χ0n) is 19.4. The van der Waals surface area contributed by atoms with Crippen LogP contribution in [0.3, 0.4) is 0 Å². The van der Waals surface area contributed by atoms with Crippen molar-refractivity contribution in [2.24, 2.45) is 0 Å². The van der Waals surface area contributed by atoms with E-state index in [2.05, 4.69) is 33.1 Å². The first kappa shape index (κ1) is 23.4. The van der Waals surface area contributed by atoms with Crippen LogP contribution < -0.4 is 19.7 Å². The van der Waals surface area contributed by atoms with Crippen LogP contribution >= 0.6 is 15.9 Å². The molecule has 7 heteroatoms. The van der Waals surface area contributed by atoms with Crippen molar-refractivity contribution in [3.63, 3.8) is 0 Å². The highest BCUT2D eigenvalue weighted by atomic mass is 79.9. The summed E-state index contributed by atoms with van der Waals surface area (Å²) < 4.78 is 25.9. The number of nitrogens with zero attached hydrogens (tertiary/aromatic N) is 2. The van der Waals surface area contributed by atoms with Gasteiger partial charge < -0.3 is 19.7 Å². The van der Waals surface area contributed by atoms with E-state index in [9.17, 15) is 4.39 Å². The lowest BCUT2D eigenvalue weighted by Crippen LogP contribution is -2.21. The second kappa shape index (κ2) is 10.00. The summed E-state index contributed by atoms with van der Waals surface area (Å²) in [6.45, 7) is 7.67. The minimum Gasteiger partial charge on any atom is -0.497 e. The Morgan fingerprint density at radius 1 is 1.15 bits per heavy atom. The lowest BCUT2D eigenvalue weighted by atomic mass is 10.1. The van der Waals surface area contributed by atoms with Gasteiger partial charge in [0, 0.05) is 24.3 Å². The molecule has 0 spiro atoms. The maximum Gasteiger partial charge on any atom is 0.145 e. The molecule has 174 valence electrons. The summed E-state index contributed by atoms with van der Waals surface area (Å²) in [7, 11) is 1.66. The van der Waals surface area contributed by atoms with Crippen LogP contribution in [0.4, 0.5) is 21.6 Å². The zero-order chi connectivity index (χ0) is 23.5. The van der Waals surface area contributed by atoms with Crippen molar-refractivity contribution in [3.05, 3.63) is 69.3 Å². The molecule has 1 atom stereocenters. The van der Waals surface area contributed by atoms with Crippen LogP contribution in [0.25, 0.3) is 0 Å². The molecule has 3 aromatic rings. The molecule has 0 unspecified atom stereocenters. The van der Waals surface area contributed by atoms with Crippen LogP contribution in [0.15, 0.2) is 46.9 Å². The smallest absolute Gasteiger partial charge is 0.145 e. The topological polar surface area (TPSA) is 46.6 Å². The molecule has 1 fully saturated rings. The van der Waals surface area contributed by atoms with E-state index < -0.39 is 6.17 Å². The second-order valence-corrected chi connectivity index (χ2v) is 9.25. The number of methoxy groups -OCH3 is 1. The number of aromatic nitrogens is 1. The third-order valence-corrected chi connectivity index (χ3v) is 6.64. The lowest BCUT2D eigenvalue weighted by molar-refractivity contribution is 0.304. The van der Waals surface area contributed by atoms with Gasteiger partial charge in [0.15, 0.2) is 0 Å². The van der Waals surface area contributed by atoms with Crippen molar-refractivity contribution < 1.29 is 13.9 Å². The lowest BCUT2D eigenvalue weighted by Gasteiger charge is -2.22. The Kier molecular flexibility index (Phi) is 7.08. The maximum absolute atomic E-state index is 13.7. The van der Waals surface area contributed by atoms with Gasteiger partial charge in [0.05, 0.1) is 23.0 Å². The Morgan fingerprint density at radius 3 is 2.58 bits per heavy atom. The molecule has 5 nitrogen and oxygen atoms in total. The molecular formula is C26H29BrFN3O2. The fourth-order valence-electron chi connectivity index (χ4n) is 4.09. The number of aryl methyl sites for hydroxylation is 2. The van der Waals surface area contributed by atoms with E-state index in [1.807, 2.05) is 56.3 Å². The van der Waals surface area contributed by atoms with Crippen molar-refractivity contribution in [2.75, 3.05) is 30.4 Å². The highest BCUT2D eigenvalue weighted by Gasteiger charge is 2.24. The van der Waals surface area contributed by atoms with E-state index in [4.69, 9.17) is 14.5 Å². The molecule has 0 saturated carbocycles. The summed E-state index contributed by atoms with van der Waals surface area (Å²) in [5.41, 5.74) is 5.99. The summed E-state index contributed by atoms with van der Waals surface area (Å²) in [6, 6.07) is 13.9. The predicted octanol–water partition coefficient (Wildman–Crippen LogP) is 6.65. The van der Waals surface area contributed by atoms with E-state index >= 15 is 0 Å². The molecule has 4 rings (SSSR count). The van der Waals surface area contributed by atoms with Gasteiger partial charge in [-0.1, -0.05) is 18.2 Å². The fourth-order valence-corrected chi connectivity index (χ4v) is 4.50. The summed E-state index contributed by atoms with van der Waals surface area (Å²) in [6.07, 6.45) is -0.203. The maximum atomic E-state index is 13.7. The van der Waals surface area contributed by atoms with Gasteiger partial charge in [0.2, 0.25) is 0 Å². The summed E-state index contributed by atoms with van der Waals surface area (Å²) in [5, 5.41) is 3.48. The van der Waals surface area contributed by atoms with Crippen LogP contribution in [0.2, 0.25) is 0 Å². The molecule has 2 aromatic carbocycles. The number of ether oxygens (including phenoxy) is 2. The minimum absolute atomic E-state index is 0.424. The third-order valence-electron chi connectivity index (χ3n) is 6.03. The van der Waals surface area contributed by atoms with Gasteiger partial charge in [-0.05, 0) is 78.5 Å². The van der Waals surface area contributed by atoms with Gasteiger partial charge in [-0.15, -0.1) is 0 Å². The molecule has 1 saturated heterocycles. The summed E-state index contributed by atoms with van der Waals surface area (Å²) >= 11 is 3.65. The number of pyridine rings is 1. The highest BCUT2D eigenvalue weighted by molar-refractivity contribution is 9.10. The van der Waals surface area contributed by atoms with Gasteiger partial charge in [-0.25, -0.2) is 9.37 Å². The Balaban J connectivity index is 1.53. The SMILES string of the molecule is COc1ccc(COc2ccc(C)c(Nc3nc(C)c(N4CC[C@H](F)C4)cc3Br)c2C)cc1. The standard InChI is InChI=1S/C26H29BrFN3O2/c1-16-5-10-24(33-15-19-6-8-21(32-4)9-7-19)17(2)25(16)30-26-22(27)13-23(18(3)29-26)31-12-11-20(28)14-31/h5-10,13,20H,11-12,14-15H2,1-4H3,(H,29,30)/t20-/m0/s1. The van der Waals surface area contributed by atoms with Crippen molar-refractivity contribution in [3.8, 4) is 11.5 Å². The number of anilines is 3. The van der Waals surface area contributed by atoms with Crippen LogP contribution in [0, 0.1) is 20.8 Å². The minimum atomic E-state index is -0.771. The van der Waals surface area contributed by atoms with Crippen LogP contribution in [-0.2, 0) is 6.61 Å². The van der Waals surface area contributed by atoms with Crippen LogP contribution in [-0.4, -0.2) is 31.4 Å². The van der Waals surface area contributed by atoms with Crippen molar-refractivity contribution >= 4 is 33.1 Å². The molecular weight excluding hydrogens is 485 g/mol. The number of alkyl halides is 1. The van der Waals surface area contributed by atoms with Crippen molar-refractivity contribution in [1.82, 2.24) is 4.98 Å². The Bertz CT molecular complexity index is 1140. The van der Waals surface area contributed by atoms with Crippen molar-refractivity contribution in [2.45, 2.75) is 40.0 Å². The molecule has 0 radical (unpaired) electrons. The Labute approximate surface area is 203 Å². The average molecular weight is 514 g/mol. The Hall–Kier alpha value is -2.80. The molecule has 1 aliphatic rings. The molecule has 0 bridgehead atoms. The number of rotatable bonds is 7. The van der Waals surface area contributed by atoms with Gasteiger partial charge in [-0.2, -0.15) is 0 Å². The van der Waals surface area contributed by atoms with Gasteiger partial charge in [0.25, 0.3) is 0 Å². The summed E-state index contributed by atoms with van der Waals surface area (Å²) in [5.74, 6) is 2.37. The molecule has 1 aliphatic heterocycles. The number of halogens is 2. The average Bonchev–Trinajstić information content (AvgIpc) is 3.24. The fraction of sp³-hybridized carbons (Fsp3) is 0.346. The Morgan fingerprint density at radius 2 is 1.91 bits per heavy atom. The van der Waals surface area contributed by atoms with Gasteiger partial charge in [-0.3, -0.25) is 0 Å². The summed E-state index contributed by atoms with van der Waals surface area (Å²) in [4.78, 5) is 6.85. The number of benzene rings is 2. The van der Waals surface area contributed by atoms with Crippen LogP contribution in [0.1, 0.15) is 28.8 Å². The molecule has 1 N–H and O–H groups in total. The molecule has 1 aromatic heterocycles. The largest absolute Gasteiger partial charge is 0.497 e. The van der Waals surface area contributed by atoms with E-state index in [0.29, 0.717) is 26.1 Å². The number of nitrogens with one attached hydrogen (secondary N) is 1. The monoisotopic (exact) mass is 513 g/mol. The third kappa shape index (κ3) is 5.24. The van der Waals surface area contributed by atoms with Gasteiger partial charge in [0.1, 0.15) is 30.1 Å². The first-order chi connectivity index (χ1) is 15.9. The molecule has 0 amide bonds. The second-order valence-electron chi connectivity index (χ2n) is 8.40. The van der Waals surface area contributed by atoms with Crippen molar-refractivity contribution in [1.29, 1.82) is 0 Å². The predicted molar refractivity (Wildman–Crippen MR) is 135 cm³/mol. The van der Waals surface area contributed by atoms with E-state index in [1.54, 1.807) is 7.11 Å². The van der Waals surface area contributed by atoms with E-state index in [-0.39, 0.29) is 0 Å². The molecule has 0 aliphatic carbocycles. The highest BCUT2D eigenvalue weighted by Crippen LogP contribution is 2.36. The normalized spacial score (nSPS) is 15.6. The van der Waals surface area contributed by atoms with Gasteiger partial charge >= 0.3 is 0 Å².